The first-order valence-corrected chi connectivity index (χ1v) is 11.7. The normalized spacial score (nSPS) is 18.7. The standard InChI is InChI=1S/C26H26FN3O5/c1-16(31)28-14-20-15-30(26(33)34-20)19-6-7-21(22(27)13-19)17-8-10-29(11-9-17)25(32)24-12-18-4-2-3-5-23(18)35-24/h2-7,12-13,17,20H,8-11,14-15H2,1H3,(H,28,31)/t20-/m0/s1. The number of piperidine rings is 1. The molecule has 5 rings (SSSR count). The summed E-state index contributed by atoms with van der Waals surface area (Å²) in [6.45, 7) is 2.85. The molecule has 2 fully saturated rings. The maximum atomic E-state index is 15.1. The van der Waals surface area contributed by atoms with E-state index in [0.717, 1.165) is 5.39 Å². The smallest absolute Gasteiger partial charge is 0.414 e. The predicted octanol–water partition coefficient (Wildman–Crippen LogP) is 4.05. The Morgan fingerprint density at radius 3 is 2.60 bits per heavy atom. The maximum Gasteiger partial charge on any atom is 0.414 e. The second-order valence-corrected chi connectivity index (χ2v) is 8.97. The first kappa shape index (κ1) is 22.9. The van der Waals surface area contributed by atoms with Crippen LogP contribution in [0.2, 0.25) is 0 Å². The van der Waals surface area contributed by atoms with Crippen LogP contribution in [0.3, 0.4) is 0 Å². The van der Waals surface area contributed by atoms with E-state index in [4.69, 9.17) is 9.15 Å². The molecule has 0 unspecified atom stereocenters. The van der Waals surface area contributed by atoms with Crippen molar-refractivity contribution in [2.75, 3.05) is 31.1 Å². The zero-order chi connectivity index (χ0) is 24.5. The molecule has 1 aromatic heterocycles. The predicted molar refractivity (Wildman–Crippen MR) is 127 cm³/mol. The number of likely N-dealkylation sites (tertiary alicyclic amines) is 1. The van der Waals surface area contributed by atoms with Gasteiger partial charge in [0.1, 0.15) is 17.5 Å². The van der Waals surface area contributed by atoms with Gasteiger partial charge in [0, 0.05) is 25.4 Å². The third-order valence-electron chi connectivity index (χ3n) is 6.61. The monoisotopic (exact) mass is 479 g/mol. The summed E-state index contributed by atoms with van der Waals surface area (Å²) in [5, 5.41) is 3.51. The lowest BCUT2D eigenvalue weighted by atomic mass is 9.88. The number of benzene rings is 2. The van der Waals surface area contributed by atoms with Gasteiger partial charge in [0.2, 0.25) is 5.91 Å². The minimum Gasteiger partial charge on any atom is -0.451 e. The van der Waals surface area contributed by atoms with E-state index in [1.807, 2.05) is 24.3 Å². The van der Waals surface area contributed by atoms with E-state index in [0.29, 0.717) is 48.5 Å². The fraction of sp³-hybridized carbons (Fsp3) is 0.346. The van der Waals surface area contributed by atoms with Crippen LogP contribution in [0.4, 0.5) is 14.9 Å². The van der Waals surface area contributed by atoms with Crippen molar-refractivity contribution in [2.24, 2.45) is 0 Å². The number of fused-ring (bicyclic) bond motifs is 1. The lowest BCUT2D eigenvalue weighted by Gasteiger charge is -2.32. The highest BCUT2D eigenvalue weighted by molar-refractivity contribution is 5.96. The fourth-order valence-electron chi connectivity index (χ4n) is 4.75. The molecule has 1 N–H and O–H groups in total. The number of para-hydroxylation sites is 1. The van der Waals surface area contributed by atoms with Crippen molar-refractivity contribution in [1.29, 1.82) is 0 Å². The highest BCUT2D eigenvalue weighted by Gasteiger charge is 2.33. The molecule has 2 saturated heterocycles. The quantitative estimate of drug-likeness (QED) is 0.596. The minimum absolute atomic E-state index is 0.0261. The number of hydrogen-bond acceptors (Lipinski definition) is 5. The molecule has 8 nitrogen and oxygen atoms in total. The second-order valence-electron chi connectivity index (χ2n) is 8.97. The van der Waals surface area contributed by atoms with E-state index in [2.05, 4.69) is 5.32 Å². The van der Waals surface area contributed by atoms with Gasteiger partial charge in [-0.2, -0.15) is 0 Å². The molecule has 182 valence electrons. The Hall–Kier alpha value is -3.88. The van der Waals surface area contributed by atoms with Crippen molar-refractivity contribution >= 4 is 34.6 Å². The average Bonchev–Trinajstić information content (AvgIpc) is 3.46. The van der Waals surface area contributed by atoms with Crippen LogP contribution in [0, 0.1) is 5.82 Å². The van der Waals surface area contributed by atoms with Crippen LogP contribution in [-0.2, 0) is 9.53 Å². The number of rotatable bonds is 5. The molecule has 0 spiro atoms. The van der Waals surface area contributed by atoms with Gasteiger partial charge in [0.05, 0.1) is 18.8 Å². The van der Waals surface area contributed by atoms with E-state index in [1.54, 1.807) is 23.1 Å². The molecule has 9 heteroatoms. The van der Waals surface area contributed by atoms with E-state index in [1.165, 1.54) is 17.9 Å². The van der Waals surface area contributed by atoms with Gasteiger partial charge in [-0.3, -0.25) is 14.5 Å². The van der Waals surface area contributed by atoms with E-state index in [9.17, 15) is 14.4 Å². The highest BCUT2D eigenvalue weighted by Crippen LogP contribution is 2.33. The number of carbonyl (C=O) groups excluding carboxylic acids is 3. The van der Waals surface area contributed by atoms with Gasteiger partial charge in [0.15, 0.2) is 5.76 Å². The Morgan fingerprint density at radius 1 is 1.11 bits per heavy atom. The summed E-state index contributed by atoms with van der Waals surface area (Å²) in [7, 11) is 0. The molecule has 0 aliphatic carbocycles. The molecular formula is C26H26FN3O5. The van der Waals surface area contributed by atoms with Gasteiger partial charge in [-0.1, -0.05) is 24.3 Å². The third kappa shape index (κ3) is 4.71. The molecule has 0 bridgehead atoms. The number of amides is 3. The summed E-state index contributed by atoms with van der Waals surface area (Å²) in [6, 6.07) is 14.0. The summed E-state index contributed by atoms with van der Waals surface area (Å²) in [5.74, 6) is -0.462. The summed E-state index contributed by atoms with van der Waals surface area (Å²) >= 11 is 0. The van der Waals surface area contributed by atoms with Crippen LogP contribution < -0.4 is 10.2 Å². The highest BCUT2D eigenvalue weighted by atomic mass is 19.1. The molecule has 35 heavy (non-hydrogen) atoms. The molecular weight excluding hydrogens is 453 g/mol. The van der Waals surface area contributed by atoms with Crippen LogP contribution in [0.1, 0.15) is 41.8 Å². The molecule has 2 aliphatic heterocycles. The number of nitrogens with one attached hydrogen (secondary N) is 1. The van der Waals surface area contributed by atoms with E-state index < -0.39 is 12.2 Å². The summed E-state index contributed by atoms with van der Waals surface area (Å²) in [6.07, 6.45) is 0.215. The van der Waals surface area contributed by atoms with Crippen molar-refractivity contribution in [3.63, 3.8) is 0 Å². The third-order valence-corrected chi connectivity index (χ3v) is 6.61. The van der Waals surface area contributed by atoms with Gasteiger partial charge in [0.25, 0.3) is 5.91 Å². The van der Waals surface area contributed by atoms with Gasteiger partial charge >= 0.3 is 6.09 Å². The Bertz CT molecular complexity index is 1250. The second kappa shape index (κ2) is 9.40. The lowest BCUT2D eigenvalue weighted by Crippen LogP contribution is -2.37. The SMILES string of the molecule is CC(=O)NC[C@H]1CN(c2ccc(C3CCN(C(=O)c4cc5ccccc5o4)CC3)c(F)c2)C(=O)O1. The Morgan fingerprint density at radius 2 is 1.89 bits per heavy atom. The first-order chi connectivity index (χ1) is 16.9. The van der Waals surface area contributed by atoms with Crippen molar-refractivity contribution in [1.82, 2.24) is 10.2 Å². The van der Waals surface area contributed by atoms with Crippen LogP contribution in [0.15, 0.2) is 52.9 Å². The van der Waals surface area contributed by atoms with Gasteiger partial charge < -0.3 is 19.4 Å². The minimum atomic E-state index is -0.565. The summed E-state index contributed by atoms with van der Waals surface area (Å²) < 4.78 is 26.0. The number of ether oxygens (including phenoxy) is 1. The van der Waals surface area contributed by atoms with Gasteiger partial charge in [-0.25, -0.2) is 9.18 Å². The van der Waals surface area contributed by atoms with Gasteiger partial charge in [-0.05, 0) is 48.6 Å². The number of cyclic esters (lactones) is 1. The molecule has 3 aromatic rings. The first-order valence-electron chi connectivity index (χ1n) is 11.7. The van der Waals surface area contributed by atoms with Crippen molar-refractivity contribution in [3.8, 4) is 0 Å². The topological polar surface area (TPSA) is 92.1 Å². The average molecular weight is 480 g/mol. The number of nitrogens with zero attached hydrogens (tertiary/aromatic N) is 2. The molecule has 0 saturated carbocycles. The molecule has 3 heterocycles. The number of carbonyl (C=O) groups is 3. The Kier molecular flexibility index (Phi) is 6.15. The van der Waals surface area contributed by atoms with Gasteiger partial charge in [-0.15, -0.1) is 0 Å². The molecule has 3 amide bonds. The maximum absolute atomic E-state index is 15.1. The molecule has 1 atom stereocenters. The molecule has 2 aromatic carbocycles. The number of anilines is 1. The van der Waals surface area contributed by atoms with Crippen molar-refractivity contribution in [3.05, 3.63) is 65.7 Å². The summed E-state index contributed by atoms with van der Waals surface area (Å²) in [5.41, 5.74) is 1.67. The van der Waals surface area contributed by atoms with Crippen LogP contribution in [-0.4, -0.2) is 55.1 Å². The zero-order valence-electron chi connectivity index (χ0n) is 19.3. The van der Waals surface area contributed by atoms with E-state index in [-0.39, 0.29) is 36.6 Å². The Labute approximate surface area is 201 Å². The largest absolute Gasteiger partial charge is 0.451 e. The summed E-state index contributed by atoms with van der Waals surface area (Å²) in [4.78, 5) is 39.3. The zero-order valence-corrected chi connectivity index (χ0v) is 19.3. The van der Waals surface area contributed by atoms with Crippen LogP contribution in [0.5, 0.6) is 0 Å². The van der Waals surface area contributed by atoms with Crippen molar-refractivity contribution in [2.45, 2.75) is 31.8 Å². The molecule has 0 radical (unpaired) electrons. The Balaban J connectivity index is 1.21. The fourth-order valence-corrected chi connectivity index (χ4v) is 4.75. The number of hydrogen-bond donors (Lipinski definition) is 1. The number of halogens is 1. The van der Waals surface area contributed by atoms with Crippen LogP contribution >= 0.6 is 0 Å². The van der Waals surface area contributed by atoms with Crippen LogP contribution in [0.25, 0.3) is 11.0 Å². The van der Waals surface area contributed by atoms with E-state index >= 15 is 4.39 Å². The number of furan rings is 1. The van der Waals surface area contributed by atoms with Crippen molar-refractivity contribution < 1.29 is 27.9 Å². The molecule has 2 aliphatic rings. The lowest BCUT2D eigenvalue weighted by molar-refractivity contribution is -0.119.